The predicted molar refractivity (Wildman–Crippen MR) is 59.8 cm³/mol. The molecule has 2 aliphatic rings. The van der Waals surface area contributed by atoms with Crippen LogP contribution >= 0.6 is 0 Å². The van der Waals surface area contributed by atoms with Crippen LogP contribution in [0.3, 0.4) is 0 Å². The van der Waals surface area contributed by atoms with Crippen LogP contribution in [-0.2, 0) is 4.74 Å². The van der Waals surface area contributed by atoms with Crippen LogP contribution < -0.4 is 0 Å². The first-order valence-electron chi connectivity index (χ1n) is 5.87. The molecular formula is C12H19NO3. The maximum absolute atomic E-state index is 11.7. The van der Waals surface area contributed by atoms with E-state index in [1.807, 2.05) is 0 Å². The molecule has 1 N–H and O–H groups in total. The molecule has 0 radical (unpaired) electrons. The Balaban J connectivity index is 2.28. The largest absolute Gasteiger partial charge is 0.438 e. The maximum Gasteiger partial charge on any atom is 0.413 e. The highest BCUT2D eigenvalue weighted by atomic mass is 16.6. The fourth-order valence-corrected chi connectivity index (χ4v) is 2.82. The summed E-state index contributed by atoms with van der Waals surface area (Å²) in [5, 5.41) is 10.6. The third-order valence-electron chi connectivity index (χ3n) is 3.86. The number of carbonyl (C=O) groups excluding carboxylic acids is 1. The molecule has 1 saturated heterocycles. The summed E-state index contributed by atoms with van der Waals surface area (Å²) in [6.07, 6.45) is 5.84. The molecule has 1 heterocycles. The fourth-order valence-electron chi connectivity index (χ4n) is 2.82. The second-order valence-electron chi connectivity index (χ2n) is 4.84. The van der Waals surface area contributed by atoms with Gasteiger partial charge in [0.05, 0.1) is 0 Å². The van der Waals surface area contributed by atoms with Gasteiger partial charge >= 0.3 is 6.09 Å². The van der Waals surface area contributed by atoms with Gasteiger partial charge < -0.3 is 9.84 Å². The smallest absolute Gasteiger partial charge is 0.413 e. The Morgan fingerprint density at radius 2 is 2.12 bits per heavy atom. The highest BCUT2D eigenvalue weighted by molar-refractivity contribution is 5.72. The van der Waals surface area contributed by atoms with E-state index in [-0.39, 0.29) is 0 Å². The van der Waals surface area contributed by atoms with E-state index in [0.717, 1.165) is 32.1 Å². The Labute approximate surface area is 95.9 Å². The molecule has 90 valence electrons. The van der Waals surface area contributed by atoms with Crippen molar-refractivity contribution >= 4 is 6.09 Å². The van der Waals surface area contributed by atoms with E-state index in [1.165, 1.54) is 4.90 Å². The number of aliphatic hydroxyl groups is 1. The molecule has 1 saturated carbocycles. The zero-order chi connectivity index (χ0) is 11.8. The van der Waals surface area contributed by atoms with Crippen LogP contribution in [0.4, 0.5) is 4.79 Å². The Bertz CT molecular complexity index is 305. The molecule has 1 spiro atoms. The molecule has 1 aliphatic heterocycles. The molecule has 4 nitrogen and oxygen atoms in total. The zero-order valence-electron chi connectivity index (χ0n) is 9.74. The standard InChI is InChI=1S/C12H19NO3/c1-3-9-13-10(14)16-12(11(13,2)15)7-5-4-6-8-12/h3,15H,1,4-9H2,2H3/t11-/m1/s1. The summed E-state index contributed by atoms with van der Waals surface area (Å²) in [5.41, 5.74) is -1.91. The lowest BCUT2D eigenvalue weighted by atomic mass is 9.77. The van der Waals surface area contributed by atoms with E-state index in [0.29, 0.717) is 6.54 Å². The molecule has 1 atom stereocenters. The molecule has 2 rings (SSSR count). The van der Waals surface area contributed by atoms with Gasteiger partial charge in [0.25, 0.3) is 0 Å². The molecule has 0 unspecified atom stereocenters. The number of amides is 1. The molecule has 4 heteroatoms. The first-order valence-corrected chi connectivity index (χ1v) is 5.87. The SMILES string of the molecule is C=CCN1C(=O)OC2(CCCCC2)[C@@]1(C)O. The van der Waals surface area contributed by atoms with E-state index in [1.54, 1.807) is 13.0 Å². The van der Waals surface area contributed by atoms with Crippen molar-refractivity contribution in [3.63, 3.8) is 0 Å². The van der Waals surface area contributed by atoms with Gasteiger partial charge in [-0.2, -0.15) is 0 Å². The number of hydrogen-bond donors (Lipinski definition) is 1. The third kappa shape index (κ3) is 1.44. The number of carbonyl (C=O) groups is 1. The van der Waals surface area contributed by atoms with Gasteiger partial charge in [-0.15, -0.1) is 6.58 Å². The van der Waals surface area contributed by atoms with Crippen molar-refractivity contribution in [1.29, 1.82) is 0 Å². The van der Waals surface area contributed by atoms with Crippen molar-refractivity contribution in [2.75, 3.05) is 6.54 Å². The van der Waals surface area contributed by atoms with Gasteiger partial charge in [0.2, 0.25) is 0 Å². The quantitative estimate of drug-likeness (QED) is 0.732. The van der Waals surface area contributed by atoms with Crippen LogP contribution in [-0.4, -0.2) is 34.0 Å². The van der Waals surface area contributed by atoms with Crippen LogP contribution in [0.1, 0.15) is 39.0 Å². The highest BCUT2D eigenvalue weighted by Crippen LogP contribution is 2.46. The molecule has 1 amide bonds. The molecule has 0 bridgehead atoms. The first-order chi connectivity index (χ1) is 7.53. The van der Waals surface area contributed by atoms with Crippen molar-refractivity contribution in [3.8, 4) is 0 Å². The minimum Gasteiger partial charge on any atom is -0.438 e. The topological polar surface area (TPSA) is 49.8 Å². The van der Waals surface area contributed by atoms with Gasteiger partial charge in [0.1, 0.15) is 0 Å². The molecule has 16 heavy (non-hydrogen) atoms. The van der Waals surface area contributed by atoms with Crippen molar-refractivity contribution in [2.45, 2.75) is 50.4 Å². The predicted octanol–water partition coefficient (Wildman–Crippen LogP) is 2.04. The Morgan fingerprint density at radius 1 is 1.50 bits per heavy atom. The summed E-state index contributed by atoms with van der Waals surface area (Å²) in [6, 6.07) is 0. The summed E-state index contributed by atoms with van der Waals surface area (Å²) in [6.45, 7) is 5.60. The fraction of sp³-hybridized carbons (Fsp3) is 0.750. The Morgan fingerprint density at radius 3 is 2.69 bits per heavy atom. The van der Waals surface area contributed by atoms with E-state index in [9.17, 15) is 9.90 Å². The third-order valence-corrected chi connectivity index (χ3v) is 3.86. The monoisotopic (exact) mass is 225 g/mol. The van der Waals surface area contributed by atoms with E-state index < -0.39 is 17.4 Å². The number of hydrogen-bond acceptors (Lipinski definition) is 3. The number of rotatable bonds is 2. The van der Waals surface area contributed by atoms with Gasteiger partial charge in [-0.05, 0) is 32.6 Å². The second-order valence-corrected chi connectivity index (χ2v) is 4.84. The van der Waals surface area contributed by atoms with Crippen LogP contribution in [0.15, 0.2) is 12.7 Å². The summed E-state index contributed by atoms with van der Waals surface area (Å²) in [7, 11) is 0. The van der Waals surface area contributed by atoms with Crippen LogP contribution in [0.5, 0.6) is 0 Å². The molecule has 0 aromatic rings. The molecular weight excluding hydrogens is 206 g/mol. The minimum absolute atomic E-state index is 0.327. The van der Waals surface area contributed by atoms with Gasteiger partial charge in [0.15, 0.2) is 11.3 Å². The summed E-state index contributed by atoms with van der Waals surface area (Å²) in [5.74, 6) is 0. The van der Waals surface area contributed by atoms with Crippen molar-refractivity contribution < 1.29 is 14.6 Å². The average molecular weight is 225 g/mol. The lowest BCUT2D eigenvalue weighted by Gasteiger charge is -2.41. The normalized spacial score (nSPS) is 32.9. The summed E-state index contributed by atoms with van der Waals surface area (Å²) < 4.78 is 5.46. The molecule has 1 aliphatic carbocycles. The molecule has 0 aromatic heterocycles. The lowest BCUT2D eigenvalue weighted by Crippen LogP contribution is -2.57. The van der Waals surface area contributed by atoms with E-state index in [4.69, 9.17) is 4.74 Å². The van der Waals surface area contributed by atoms with Crippen molar-refractivity contribution in [1.82, 2.24) is 4.90 Å². The average Bonchev–Trinajstić information content (AvgIpc) is 2.41. The zero-order valence-corrected chi connectivity index (χ0v) is 9.74. The first kappa shape index (κ1) is 11.5. The molecule has 2 fully saturated rings. The van der Waals surface area contributed by atoms with Crippen LogP contribution in [0.2, 0.25) is 0 Å². The van der Waals surface area contributed by atoms with Gasteiger partial charge in [-0.3, -0.25) is 4.90 Å². The summed E-state index contributed by atoms with van der Waals surface area (Å²) in [4.78, 5) is 13.1. The van der Waals surface area contributed by atoms with Gasteiger partial charge in [-0.25, -0.2) is 4.79 Å². The minimum atomic E-state index is -1.21. The van der Waals surface area contributed by atoms with Crippen molar-refractivity contribution in [2.24, 2.45) is 0 Å². The van der Waals surface area contributed by atoms with E-state index >= 15 is 0 Å². The second kappa shape index (κ2) is 3.77. The van der Waals surface area contributed by atoms with Crippen molar-refractivity contribution in [3.05, 3.63) is 12.7 Å². The maximum atomic E-state index is 11.7. The summed E-state index contributed by atoms with van der Waals surface area (Å²) >= 11 is 0. The van der Waals surface area contributed by atoms with Crippen LogP contribution in [0, 0.1) is 0 Å². The van der Waals surface area contributed by atoms with E-state index in [2.05, 4.69) is 6.58 Å². The Hall–Kier alpha value is -1.03. The van der Waals surface area contributed by atoms with Crippen LogP contribution in [0.25, 0.3) is 0 Å². The molecule has 0 aromatic carbocycles. The Kier molecular flexibility index (Phi) is 2.70. The number of nitrogens with zero attached hydrogens (tertiary/aromatic N) is 1. The van der Waals surface area contributed by atoms with Gasteiger partial charge in [0, 0.05) is 6.54 Å². The van der Waals surface area contributed by atoms with Gasteiger partial charge in [-0.1, -0.05) is 12.5 Å². The number of ether oxygens (including phenoxy) is 1. The lowest BCUT2D eigenvalue weighted by molar-refractivity contribution is -0.156. The highest BCUT2D eigenvalue weighted by Gasteiger charge is 2.61.